The van der Waals surface area contributed by atoms with Gasteiger partial charge in [0, 0.05) is 30.0 Å². The fourth-order valence-electron chi connectivity index (χ4n) is 4.15. The van der Waals surface area contributed by atoms with E-state index in [1.54, 1.807) is 0 Å². The quantitative estimate of drug-likeness (QED) is 0.398. The van der Waals surface area contributed by atoms with Crippen molar-refractivity contribution in [2.45, 2.75) is 25.4 Å². The number of alkyl halides is 2. The lowest BCUT2D eigenvalue weighted by Gasteiger charge is -2.19. The molecule has 5 rings (SSSR count). The number of imidazole rings is 1. The first kappa shape index (κ1) is 24.1. The van der Waals surface area contributed by atoms with E-state index in [1.165, 1.54) is 6.92 Å². The molecule has 3 heterocycles. The molecule has 0 saturated heterocycles. The SMILES string of the molecule is CCS(=O)(=O)N[C@@H]1Cn2c(cn(-c3noc4cc(F)cc(-c5c(F)cc(F)cc5F)c34)c2=O)C1(F)F. The second-order valence-electron chi connectivity index (χ2n) is 8.05. The molecule has 0 radical (unpaired) electrons. The van der Waals surface area contributed by atoms with Crippen molar-refractivity contribution in [3.8, 4) is 16.9 Å². The Labute approximate surface area is 197 Å². The Hall–Kier alpha value is -3.59. The van der Waals surface area contributed by atoms with Gasteiger partial charge in [-0.3, -0.25) is 4.57 Å². The van der Waals surface area contributed by atoms with Crippen LogP contribution in [0, 0.1) is 23.3 Å². The van der Waals surface area contributed by atoms with E-state index in [1.807, 2.05) is 4.72 Å². The number of aromatic nitrogens is 3. The van der Waals surface area contributed by atoms with Gasteiger partial charge in [-0.1, -0.05) is 5.16 Å². The van der Waals surface area contributed by atoms with E-state index in [9.17, 15) is 30.8 Å². The number of sulfonamides is 1. The van der Waals surface area contributed by atoms with Crippen LogP contribution in [0.2, 0.25) is 0 Å². The number of benzene rings is 2. The van der Waals surface area contributed by atoms with Crippen molar-refractivity contribution in [3.05, 3.63) is 69.9 Å². The lowest BCUT2D eigenvalue weighted by molar-refractivity contribution is -0.0248. The Morgan fingerprint density at radius 2 is 1.75 bits per heavy atom. The van der Waals surface area contributed by atoms with Crippen molar-refractivity contribution in [1.29, 1.82) is 0 Å². The number of halogens is 6. The van der Waals surface area contributed by atoms with Gasteiger partial charge >= 0.3 is 11.6 Å². The van der Waals surface area contributed by atoms with Gasteiger partial charge in [-0.15, -0.1) is 0 Å². The molecule has 4 aromatic rings. The second-order valence-corrected chi connectivity index (χ2v) is 10.1. The van der Waals surface area contributed by atoms with Gasteiger partial charge in [0.2, 0.25) is 10.0 Å². The monoisotopic (exact) mass is 532 g/mol. The molecule has 0 amide bonds. The summed E-state index contributed by atoms with van der Waals surface area (Å²) in [5.74, 6) is -9.78. The zero-order valence-electron chi connectivity index (χ0n) is 18.0. The molecule has 2 aromatic carbocycles. The van der Waals surface area contributed by atoms with E-state index in [0.29, 0.717) is 33.5 Å². The Bertz CT molecular complexity index is 1690. The van der Waals surface area contributed by atoms with Crippen LogP contribution in [0.3, 0.4) is 0 Å². The largest absolute Gasteiger partial charge is 0.354 e. The van der Waals surface area contributed by atoms with Gasteiger partial charge in [-0.25, -0.2) is 40.1 Å². The van der Waals surface area contributed by atoms with Gasteiger partial charge in [-0.05, 0) is 13.0 Å². The van der Waals surface area contributed by atoms with Crippen molar-refractivity contribution in [1.82, 2.24) is 19.0 Å². The third-order valence-corrected chi connectivity index (χ3v) is 7.25. The summed E-state index contributed by atoms with van der Waals surface area (Å²) in [5.41, 5.74) is -3.68. The fourth-order valence-corrected chi connectivity index (χ4v) is 4.97. The number of hydrogen-bond donors (Lipinski definition) is 1. The van der Waals surface area contributed by atoms with Crippen LogP contribution >= 0.6 is 0 Å². The van der Waals surface area contributed by atoms with Crippen LogP contribution in [0.25, 0.3) is 27.9 Å². The van der Waals surface area contributed by atoms with Crippen molar-refractivity contribution in [2.24, 2.45) is 0 Å². The molecule has 0 unspecified atom stereocenters. The molecule has 0 saturated carbocycles. The summed E-state index contributed by atoms with van der Waals surface area (Å²) in [6, 6.07) is 0.287. The number of hydrogen-bond acceptors (Lipinski definition) is 5. The maximum Gasteiger partial charge on any atom is 0.334 e. The van der Waals surface area contributed by atoms with Gasteiger partial charge < -0.3 is 4.52 Å². The van der Waals surface area contributed by atoms with Crippen LogP contribution in [0.15, 0.2) is 39.8 Å². The van der Waals surface area contributed by atoms with E-state index in [-0.39, 0.29) is 11.0 Å². The van der Waals surface area contributed by atoms with Gasteiger partial charge in [0.05, 0.1) is 23.2 Å². The summed E-state index contributed by atoms with van der Waals surface area (Å²) in [4.78, 5) is 13.0. The minimum absolute atomic E-state index is 0.307. The minimum atomic E-state index is -4.03. The second kappa shape index (κ2) is 7.96. The third kappa shape index (κ3) is 3.61. The van der Waals surface area contributed by atoms with E-state index in [0.717, 1.165) is 6.07 Å². The molecule has 0 fully saturated rings. The molecule has 8 nitrogen and oxygen atoms in total. The van der Waals surface area contributed by atoms with Gasteiger partial charge in [0.25, 0.3) is 0 Å². The molecule has 0 aliphatic carbocycles. The normalized spacial score (nSPS) is 17.1. The Kier molecular flexibility index (Phi) is 5.33. The maximum atomic E-state index is 15.0. The molecule has 1 aliphatic rings. The Balaban J connectivity index is 1.70. The smallest absolute Gasteiger partial charge is 0.334 e. The molecule has 190 valence electrons. The minimum Gasteiger partial charge on any atom is -0.354 e. The highest BCUT2D eigenvalue weighted by atomic mass is 32.2. The summed E-state index contributed by atoms with van der Waals surface area (Å²) in [6.07, 6.45) is 0.685. The van der Waals surface area contributed by atoms with Crippen LogP contribution in [0.1, 0.15) is 12.6 Å². The van der Waals surface area contributed by atoms with E-state index < -0.39 is 85.9 Å². The molecule has 0 spiro atoms. The van der Waals surface area contributed by atoms with Crippen molar-refractivity contribution < 1.29 is 39.3 Å². The Morgan fingerprint density at radius 3 is 2.36 bits per heavy atom. The van der Waals surface area contributed by atoms with Crippen LogP contribution < -0.4 is 10.4 Å². The predicted octanol–water partition coefficient (Wildman–Crippen LogP) is 3.42. The van der Waals surface area contributed by atoms with Gasteiger partial charge in [-0.2, -0.15) is 8.78 Å². The van der Waals surface area contributed by atoms with E-state index >= 15 is 8.78 Å². The zero-order valence-corrected chi connectivity index (χ0v) is 18.8. The van der Waals surface area contributed by atoms with Gasteiger partial charge in [0.15, 0.2) is 11.4 Å². The highest BCUT2D eigenvalue weighted by Crippen LogP contribution is 2.40. The summed E-state index contributed by atoms with van der Waals surface area (Å²) < 4.78 is 118. The zero-order chi connectivity index (χ0) is 26.2. The number of nitrogens with one attached hydrogen (secondary N) is 1. The van der Waals surface area contributed by atoms with E-state index in [4.69, 9.17) is 4.52 Å². The van der Waals surface area contributed by atoms with Crippen LogP contribution in [0.5, 0.6) is 0 Å². The van der Waals surface area contributed by atoms with Crippen LogP contribution in [0.4, 0.5) is 26.3 Å². The first-order chi connectivity index (χ1) is 16.8. The van der Waals surface area contributed by atoms with Gasteiger partial charge in [0.1, 0.15) is 35.0 Å². The molecule has 15 heteroatoms. The first-order valence-electron chi connectivity index (χ1n) is 10.3. The highest BCUT2D eigenvalue weighted by molar-refractivity contribution is 7.89. The standard InChI is InChI=1S/C21H14F6N4O4S/c1-2-36(33,34)29-15-7-30-16(21(15,26)27)8-31(20(30)32)19-18-11(3-9(22)6-14(18)35-28-19)17-12(24)4-10(23)5-13(17)25/h3-6,8,15,29H,2,7H2,1H3/t15-/m1/s1. The molecule has 1 aliphatic heterocycles. The van der Waals surface area contributed by atoms with Crippen molar-refractivity contribution in [2.75, 3.05) is 5.75 Å². The van der Waals surface area contributed by atoms with E-state index in [2.05, 4.69) is 5.16 Å². The lowest BCUT2D eigenvalue weighted by atomic mass is 10.00. The summed E-state index contributed by atoms with van der Waals surface area (Å²) in [5, 5.41) is 3.31. The number of rotatable bonds is 5. The molecule has 1 atom stereocenters. The van der Waals surface area contributed by atoms with Crippen LogP contribution in [-0.4, -0.2) is 34.5 Å². The fraction of sp³-hybridized carbons (Fsp3) is 0.238. The topological polar surface area (TPSA) is 99.1 Å². The summed E-state index contributed by atoms with van der Waals surface area (Å²) in [7, 11) is -4.03. The average Bonchev–Trinajstić information content (AvgIpc) is 3.40. The molecular formula is C21H14F6N4O4S. The number of nitrogens with zero attached hydrogens (tertiary/aromatic N) is 3. The summed E-state index contributed by atoms with van der Waals surface area (Å²) >= 11 is 0. The lowest BCUT2D eigenvalue weighted by Crippen LogP contribution is -2.45. The maximum absolute atomic E-state index is 15.0. The molecule has 0 bridgehead atoms. The predicted molar refractivity (Wildman–Crippen MR) is 113 cm³/mol. The molecule has 1 N–H and O–H groups in total. The van der Waals surface area contributed by atoms with Crippen molar-refractivity contribution in [3.63, 3.8) is 0 Å². The molecule has 36 heavy (non-hydrogen) atoms. The number of fused-ring (bicyclic) bond motifs is 2. The highest BCUT2D eigenvalue weighted by Gasteiger charge is 2.52. The summed E-state index contributed by atoms with van der Waals surface area (Å²) in [6.45, 7) is 0.539. The first-order valence-corrected chi connectivity index (χ1v) is 11.9. The molecule has 2 aromatic heterocycles. The average molecular weight is 532 g/mol. The molecular weight excluding hydrogens is 518 g/mol. The van der Waals surface area contributed by atoms with Crippen molar-refractivity contribution >= 4 is 21.0 Å². The Morgan fingerprint density at radius 1 is 1.11 bits per heavy atom. The van der Waals surface area contributed by atoms with Crippen LogP contribution in [-0.2, 0) is 22.5 Å². The third-order valence-electron chi connectivity index (χ3n) is 5.85.